The molecule has 0 aromatic heterocycles. The van der Waals surface area contributed by atoms with Crippen molar-refractivity contribution < 1.29 is 31.0 Å². The van der Waals surface area contributed by atoms with E-state index in [4.69, 9.17) is 0 Å². The zero-order valence-electron chi connectivity index (χ0n) is 4.05. The van der Waals surface area contributed by atoms with Crippen molar-refractivity contribution in [1.82, 2.24) is 0 Å². The Morgan fingerprint density at radius 1 is 1.50 bits per heavy atom. The van der Waals surface area contributed by atoms with E-state index in [2.05, 4.69) is 6.58 Å². The van der Waals surface area contributed by atoms with Gasteiger partial charge in [0.2, 0.25) is 0 Å². The fraction of sp³-hybridized carbons (Fsp3) is 0.250. The van der Waals surface area contributed by atoms with Crippen molar-refractivity contribution in [1.29, 1.82) is 0 Å². The van der Waals surface area contributed by atoms with Crippen LogP contribution >= 0.6 is 0 Å². The van der Waals surface area contributed by atoms with Gasteiger partial charge in [-0.15, -0.1) is 19.1 Å². The summed E-state index contributed by atoms with van der Waals surface area (Å²) < 4.78 is 0. The van der Waals surface area contributed by atoms with E-state index in [9.17, 15) is 4.79 Å². The summed E-state index contributed by atoms with van der Waals surface area (Å²) in [6, 6.07) is 0. The number of rotatable bonds is 2. The van der Waals surface area contributed by atoms with Crippen molar-refractivity contribution in [3.63, 3.8) is 0 Å². The van der Waals surface area contributed by atoms with Gasteiger partial charge in [0.15, 0.2) is 0 Å². The van der Waals surface area contributed by atoms with E-state index in [1.54, 1.807) is 6.29 Å². The predicted molar refractivity (Wildman–Crippen MR) is 25.5 cm³/mol. The number of carbonyl (C=O) groups excluding carboxylic acids is 1. The number of hydrogen-bond donors (Lipinski definition) is 0. The molecule has 0 saturated carbocycles. The number of hydrogen-bond acceptors (Lipinski definition) is 1. The molecule has 0 aromatic rings. The van der Waals surface area contributed by atoms with Crippen LogP contribution in [0, 0.1) is 0 Å². The van der Waals surface area contributed by atoms with Crippen LogP contribution in [0.4, 0.5) is 9.41 Å². The van der Waals surface area contributed by atoms with Crippen molar-refractivity contribution in [2.75, 3.05) is 0 Å². The van der Waals surface area contributed by atoms with Gasteiger partial charge in [0.25, 0.3) is 0 Å². The van der Waals surface area contributed by atoms with E-state index in [0.717, 1.165) is 0 Å². The molecule has 0 spiro atoms. The Kier molecular flexibility index (Phi) is 91.8. The molecule has 0 amide bonds. The molecule has 0 aromatic carbocycles. The third-order valence-electron chi connectivity index (χ3n) is 0.228. The summed E-state index contributed by atoms with van der Waals surface area (Å²) in [5.41, 5.74) is 0. The molecule has 0 aliphatic heterocycles. The van der Waals surface area contributed by atoms with Crippen LogP contribution in [0.25, 0.3) is 0 Å². The van der Waals surface area contributed by atoms with E-state index < -0.39 is 0 Å². The summed E-state index contributed by atoms with van der Waals surface area (Å²) in [4.78, 5) is 9.21. The molecular formula is C4H7CoF2O-. The zero-order valence-corrected chi connectivity index (χ0v) is 5.09. The maximum absolute atomic E-state index is 9.21. The molecule has 0 fully saturated rings. The Morgan fingerprint density at radius 3 is 1.88 bits per heavy atom. The van der Waals surface area contributed by atoms with E-state index in [1.165, 1.54) is 6.08 Å². The van der Waals surface area contributed by atoms with Gasteiger partial charge < -0.3 is 4.79 Å². The maximum Gasteiger partial charge on any atom is 0 e. The third kappa shape index (κ3) is 41.8. The van der Waals surface area contributed by atoms with Gasteiger partial charge in [-0.05, 0) is 0 Å². The second kappa shape index (κ2) is 29.3. The van der Waals surface area contributed by atoms with E-state index >= 15 is 0 Å². The van der Waals surface area contributed by atoms with Gasteiger partial charge >= 0.3 is 0 Å². The van der Waals surface area contributed by atoms with Crippen LogP contribution in [0.15, 0.2) is 12.7 Å². The van der Waals surface area contributed by atoms with Gasteiger partial charge in [0, 0.05) is 16.8 Å². The molecule has 4 heteroatoms. The third-order valence-corrected chi connectivity index (χ3v) is 0.228. The molecule has 0 N–H and O–H groups in total. The molecule has 0 rings (SSSR count). The molecule has 0 aliphatic rings. The molecule has 0 atom stereocenters. The fourth-order valence-corrected chi connectivity index (χ4v) is 0.0589. The molecule has 0 saturated heterocycles. The second-order valence-electron chi connectivity index (χ2n) is 0.637. The normalized spacial score (nSPS) is 4.00. The first-order valence-electron chi connectivity index (χ1n) is 1.37. The van der Waals surface area contributed by atoms with Crippen LogP contribution < -0.4 is 0 Å². The van der Waals surface area contributed by atoms with Gasteiger partial charge in [-0.1, -0.05) is 0 Å². The Hall–Kier alpha value is -0.224. The standard InChI is InChI=1S/C4H5O.Co.2FH/c1-2-3-4-5;;;/h2H,1,3H2;;2*1H/q-1;;;. The Morgan fingerprint density at radius 2 is 1.88 bits per heavy atom. The molecule has 1 radical (unpaired) electrons. The average Bonchev–Trinajstić information content (AvgIpc) is 1.41. The minimum absolute atomic E-state index is 0. The first kappa shape index (κ1) is 25.0. The summed E-state index contributed by atoms with van der Waals surface area (Å²) in [7, 11) is 0. The Bertz CT molecular complexity index is 43.3. The summed E-state index contributed by atoms with van der Waals surface area (Å²) in [5, 5.41) is 0. The molecule has 1 nitrogen and oxygen atoms in total. The summed E-state index contributed by atoms with van der Waals surface area (Å²) >= 11 is 0. The monoisotopic (exact) mass is 168 g/mol. The molecule has 0 aliphatic carbocycles. The van der Waals surface area contributed by atoms with Crippen LogP contribution in [0.1, 0.15) is 6.42 Å². The molecule has 0 bridgehead atoms. The van der Waals surface area contributed by atoms with Crippen LogP contribution in [0.2, 0.25) is 0 Å². The quantitative estimate of drug-likeness (QED) is 0.443. The summed E-state index contributed by atoms with van der Waals surface area (Å²) in [6.07, 6.45) is 3.50. The Balaban J connectivity index is -0.0000000267. The molecule has 53 valence electrons. The first-order chi connectivity index (χ1) is 2.41. The molecule has 8 heavy (non-hydrogen) atoms. The minimum Gasteiger partial charge on any atom is -0.541 e. The first-order valence-corrected chi connectivity index (χ1v) is 1.37. The summed E-state index contributed by atoms with van der Waals surface area (Å²) in [5.74, 6) is 0. The van der Waals surface area contributed by atoms with Gasteiger partial charge in [0.05, 0.1) is 0 Å². The predicted octanol–water partition coefficient (Wildman–Crippen LogP) is 0.975. The van der Waals surface area contributed by atoms with Crippen molar-refractivity contribution in [2.24, 2.45) is 0 Å². The molecule has 0 heterocycles. The average molecular weight is 168 g/mol. The minimum atomic E-state index is 0. The smallest absolute Gasteiger partial charge is 0 e. The van der Waals surface area contributed by atoms with Crippen molar-refractivity contribution in [3.8, 4) is 0 Å². The van der Waals surface area contributed by atoms with Gasteiger partial charge in [-0.25, -0.2) is 0 Å². The van der Waals surface area contributed by atoms with Crippen LogP contribution in [0.3, 0.4) is 0 Å². The fourth-order valence-electron chi connectivity index (χ4n) is 0.0589. The van der Waals surface area contributed by atoms with E-state index in [1.807, 2.05) is 0 Å². The van der Waals surface area contributed by atoms with Gasteiger partial charge in [0.1, 0.15) is 0 Å². The van der Waals surface area contributed by atoms with Gasteiger partial charge in [-0.2, -0.15) is 0 Å². The van der Waals surface area contributed by atoms with E-state index in [0.29, 0.717) is 6.42 Å². The van der Waals surface area contributed by atoms with Crippen LogP contribution in [-0.2, 0) is 21.6 Å². The van der Waals surface area contributed by atoms with E-state index in [-0.39, 0.29) is 26.2 Å². The number of allylic oxidation sites excluding steroid dienone is 1. The van der Waals surface area contributed by atoms with Gasteiger partial charge in [-0.3, -0.25) is 15.7 Å². The maximum atomic E-state index is 9.21. The molecule has 0 unspecified atom stereocenters. The summed E-state index contributed by atoms with van der Waals surface area (Å²) in [6.45, 7) is 3.29. The molecular weight excluding hydrogens is 161 g/mol. The SMILES string of the molecule is C=CC[C-]=O.F.F.[Co]. The van der Waals surface area contributed by atoms with Crippen LogP contribution in [0.5, 0.6) is 0 Å². The second-order valence-corrected chi connectivity index (χ2v) is 0.637. The van der Waals surface area contributed by atoms with Crippen molar-refractivity contribution >= 4 is 6.29 Å². The van der Waals surface area contributed by atoms with Crippen molar-refractivity contribution in [2.45, 2.75) is 6.42 Å². The number of halogens is 2. The van der Waals surface area contributed by atoms with Crippen LogP contribution in [-0.4, -0.2) is 6.29 Å². The largest absolute Gasteiger partial charge is 0.541 e. The zero-order chi connectivity index (χ0) is 4.12. The van der Waals surface area contributed by atoms with Crippen molar-refractivity contribution in [3.05, 3.63) is 12.7 Å². The topological polar surface area (TPSA) is 17.1 Å². The Labute approximate surface area is 57.1 Å².